The Balaban J connectivity index is 1.58. The quantitative estimate of drug-likeness (QED) is 0.932. The van der Waals surface area contributed by atoms with Gasteiger partial charge in [-0.2, -0.15) is 11.8 Å². The van der Waals surface area contributed by atoms with E-state index in [-0.39, 0.29) is 11.8 Å². The van der Waals surface area contributed by atoms with Crippen molar-refractivity contribution in [2.75, 3.05) is 29.9 Å². The number of benzene rings is 1. The van der Waals surface area contributed by atoms with Crippen molar-refractivity contribution in [1.29, 1.82) is 0 Å². The Morgan fingerprint density at radius 3 is 2.57 bits per heavy atom. The smallest absolute Gasteiger partial charge is 0.321 e. The van der Waals surface area contributed by atoms with Gasteiger partial charge in [-0.15, -0.1) is 0 Å². The molecule has 0 aliphatic carbocycles. The maximum Gasteiger partial charge on any atom is 0.321 e. The Bertz CT molecular complexity index is 658. The molecular formula is C16H16FN3O2S. The molecule has 1 N–H and O–H groups in total. The number of amides is 2. The largest absolute Gasteiger partial charge is 0.439 e. The van der Waals surface area contributed by atoms with Crippen molar-refractivity contribution in [3.05, 3.63) is 48.4 Å². The SMILES string of the molecule is O=C(Nc1ccc(Oc2ccc(F)cc2)nc1)N1CCSCC1. The van der Waals surface area contributed by atoms with Gasteiger partial charge in [-0.3, -0.25) is 0 Å². The van der Waals surface area contributed by atoms with Crippen molar-refractivity contribution in [3.63, 3.8) is 0 Å². The molecule has 2 aromatic rings. The predicted octanol–water partition coefficient (Wildman–Crippen LogP) is 3.59. The molecule has 0 unspecified atom stereocenters. The second-order valence-corrected chi connectivity index (χ2v) is 6.20. The highest BCUT2D eigenvalue weighted by atomic mass is 32.2. The van der Waals surface area contributed by atoms with Crippen molar-refractivity contribution >= 4 is 23.5 Å². The van der Waals surface area contributed by atoms with E-state index in [0.29, 0.717) is 17.3 Å². The second-order valence-electron chi connectivity index (χ2n) is 4.97. The summed E-state index contributed by atoms with van der Waals surface area (Å²) >= 11 is 1.85. The summed E-state index contributed by atoms with van der Waals surface area (Å²) in [6, 6.07) is 8.97. The van der Waals surface area contributed by atoms with Gasteiger partial charge in [-0.1, -0.05) is 0 Å². The van der Waals surface area contributed by atoms with Gasteiger partial charge in [0.2, 0.25) is 5.88 Å². The summed E-state index contributed by atoms with van der Waals surface area (Å²) in [7, 11) is 0. The van der Waals surface area contributed by atoms with Crippen LogP contribution < -0.4 is 10.1 Å². The molecule has 7 heteroatoms. The molecule has 1 aliphatic heterocycles. The number of aromatic nitrogens is 1. The van der Waals surface area contributed by atoms with Crippen LogP contribution in [0.5, 0.6) is 11.6 Å². The lowest BCUT2D eigenvalue weighted by Gasteiger charge is -2.26. The van der Waals surface area contributed by atoms with Crippen LogP contribution >= 0.6 is 11.8 Å². The van der Waals surface area contributed by atoms with E-state index in [0.717, 1.165) is 24.6 Å². The molecule has 5 nitrogen and oxygen atoms in total. The normalized spacial score (nSPS) is 14.4. The van der Waals surface area contributed by atoms with Gasteiger partial charge in [0.15, 0.2) is 0 Å². The summed E-state index contributed by atoms with van der Waals surface area (Å²) in [5.74, 6) is 2.50. The third kappa shape index (κ3) is 4.35. The molecule has 1 aliphatic rings. The van der Waals surface area contributed by atoms with Crippen LogP contribution in [0.15, 0.2) is 42.6 Å². The number of thioether (sulfide) groups is 1. The van der Waals surface area contributed by atoms with Gasteiger partial charge in [0, 0.05) is 30.7 Å². The monoisotopic (exact) mass is 333 g/mol. The summed E-state index contributed by atoms with van der Waals surface area (Å²) in [4.78, 5) is 18.0. The van der Waals surface area contributed by atoms with E-state index in [1.165, 1.54) is 30.5 Å². The molecule has 0 atom stereocenters. The number of rotatable bonds is 3. The minimum absolute atomic E-state index is 0.112. The molecule has 0 radical (unpaired) electrons. The molecule has 1 fully saturated rings. The van der Waals surface area contributed by atoms with E-state index < -0.39 is 0 Å². The average Bonchev–Trinajstić information content (AvgIpc) is 2.59. The van der Waals surface area contributed by atoms with Crippen LogP contribution in [0, 0.1) is 5.82 Å². The summed E-state index contributed by atoms with van der Waals surface area (Å²) in [6.45, 7) is 1.52. The molecule has 0 spiro atoms. The van der Waals surface area contributed by atoms with E-state index >= 15 is 0 Å². The third-order valence-corrected chi connectivity index (χ3v) is 4.26. The molecule has 120 valence electrons. The zero-order chi connectivity index (χ0) is 16.1. The number of anilines is 1. The molecule has 1 saturated heterocycles. The standard InChI is InChI=1S/C16H16FN3O2S/c17-12-1-4-14(5-2-12)22-15-6-3-13(11-18-15)19-16(21)20-7-9-23-10-8-20/h1-6,11H,7-10H2,(H,19,21). The highest BCUT2D eigenvalue weighted by Gasteiger charge is 2.16. The van der Waals surface area contributed by atoms with E-state index in [4.69, 9.17) is 4.74 Å². The first-order chi connectivity index (χ1) is 11.2. The number of hydrogen-bond donors (Lipinski definition) is 1. The van der Waals surface area contributed by atoms with E-state index in [1.807, 2.05) is 11.8 Å². The Morgan fingerprint density at radius 2 is 1.91 bits per heavy atom. The molecule has 1 aromatic carbocycles. The highest BCUT2D eigenvalue weighted by Crippen LogP contribution is 2.21. The average molecular weight is 333 g/mol. The van der Waals surface area contributed by atoms with Crippen LogP contribution in [0.3, 0.4) is 0 Å². The Hall–Kier alpha value is -2.28. The summed E-state index contributed by atoms with van der Waals surface area (Å²) in [5.41, 5.74) is 0.611. The summed E-state index contributed by atoms with van der Waals surface area (Å²) in [5, 5.41) is 2.82. The van der Waals surface area contributed by atoms with Crippen molar-refractivity contribution in [1.82, 2.24) is 9.88 Å². The number of nitrogens with one attached hydrogen (secondary N) is 1. The summed E-state index contributed by atoms with van der Waals surface area (Å²) < 4.78 is 18.3. The van der Waals surface area contributed by atoms with Gasteiger partial charge >= 0.3 is 6.03 Å². The van der Waals surface area contributed by atoms with Gasteiger partial charge < -0.3 is 15.0 Å². The first-order valence-electron chi connectivity index (χ1n) is 7.24. The van der Waals surface area contributed by atoms with Gasteiger partial charge in [-0.05, 0) is 30.3 Å². The van der Waals surface area contributed by atoms with Crippen molar-refractivity contribution < 1.29 is 13.9 Å². The van der Waals surface area contributed by atoms with Crippen LogP contribution in [0.1, 0.15) is 0 Å². The molecule has 3 rings (SSSR count). The van der Waals surface area contributed by atoms with Crippen LogP contribution in [0.4, 0.5) is 14.9 Å². The second kappa shape index (κ2) is 7.32. The van der Waals surface area contributed by atoms with E-state index in [1.54, 1.807) is 17.0 Å². The number of urea groups is 1. The third-order valence-electron chi connectivity index (χ3n) is 3.32. The van der Waals surface area contributed by atoms with Crippen LogP contribution in [0.2, 0.25) is 0 Å². The summed E-state index contributed by atoms with van der Waals surface area (Å²) in [6.07, 6.45) is 1.54. The number of carbonyl (C=O) groups is 1. The number of ether oxygens (including phenoxy) is 1. The van der Waals surface area contributed by atoms with E-state index in [2.05, 4.69) is 10.3 Å². The fourth-order valence-electron chi connectivity index (χ4n) is 2.11. The molecule has 2 heterocycles. The zero-order valence-corrected chi connectivity index (χ0v) is 13.2. The lowest BCUT2D eigenvalue weighted by atomic mass is 10.3. The minimum atomic E-state index is -0.320. The highest BCUT2D eigenvalue weighted by molar-refractivity contribution is 7.99. The minimum Gasteiger partial charge on any atom is -0.439 e. The molecule has 0 bridgehead atoms. The Morgan fingerprint density at radius 1 is 1.17 bits per heavy atom. The molecule has 23 heavy (non-hydrogen) atoms. The van der Waals surface area contributed by atoms with Crippen LogP contribution in [-0.2, 0) is 0 Å². The fraction of sp³-hybridized carbons (Fsp3) is 0.250. The first kappa shape index (κ1) is 15.6. The number of halogens is 1. The number of hydrogen-bond acceptors (Lipinski definition) is 4. The van der Waals surface area contributed by atoms with Crippen molar-refractivity contribution in [2.24, 2.45) is 0 Å². The zero-order valence-electron chi connectivity index (χ0n) is 12.4. The fourth-order valence-corrected chi connectivity index (χ4v) is 3.01. The maximum atomic E-state index is 12.8. The van der Waals surface area contributed by atoms with Crippen molar-refractivity contribution in [3.8, 4) is 11.6 Å². The number of nitrogens with zero attached hydrogens (tertiary/aromatic N) is 2. The maximum absolute atomic E-state index is 12.8. The van der Waals surface area contributed by atoms with Gasteiger partial charge in [0.25, 0.3) is 0 Å². The Labute approximate surface area is 137 Å². The van der Waals surface area contributed by atoms with E-state index in [9.17, 15) is 9.18 Å². The Kier molecular flexibility index (Phi) is 4.97. The van der Waals surface area contributed by atoms with Crippen LogP contribution in [0.25, 0.3) is 0 Å². The lowest BCUT2D eigenvalue weighted by molar-refractivity contribution is 0.217. The topological polar surface area (TPSA) is 54.5 Å². The van der Waals surface area contributed by atoms with Gasteiger partial charge in [-0.25, -0.2) is 14.2 Å². The molecular weight excluding hydrogens is 317 g/mol. The lowest BCUT2D eigenvalue weighted by Crippen LogP contribution is -2.40. The van der Waals surface area contributed by atoms with Crippen LogP contribution in [-0.4, -0.2) is 40.5 Å². The molecule has 0 saturated carbocycles. The van der Waals surface area contributed by atoms with Gasteiger partial charge in [0.05, 0.1) is 11.9 Å². The predicted molar refractivity (Wildman–Crippen MR) is 88.6 cm³/mol. The molecule has 2 amide bonds. The number of carbonyl (C=O) groups excluding carboxylic acids is 1. The van der Waals surface area contributed by atoms with Gasteiger partial charge in [0.1, 0.15) is 11.6 Å². The number of pyridine rings is 1. The van der Waals surface area contributed by atoms with Crippen molar-refractivity contribution in [2.45, 2.75) is 0 Å². The molecule has 1 aromatic heterocycles. The first-order valence-corrected chi connectivity index (χ1v) is 8.39.